The Morgan fingerprint density at radius 3 is 2.67 bits per heavy atom. The fourth-order valence-corrected chi connectivity index (χ4v) is 5.55. The quantitative estimate of drug-likeness (QED) is 0.197. The molecule has 1 fully saturated rings. The molecule has 0 amide bonds. The van der Waals surface area contributed by atoms with Gasteiger partial charge in [0.25, 0.3) is 0 Å². The molecule has 33 heavy (non-hydrogen) atoms. The van der Waals surface area contributed by atoms with Crippen molar-refractivity contribution in [3.05, 3.63) is 16.8 Å². The van der Waals surface area contributed by atoms with Crippen molar-refractivity contribution < 1.29 is 24.0 Å². The number of nitrogen functional groups attached to an aromatic ring is 1. The maximum absolute atomic E-state index is 12.8. The van der Waals surface area contributed by atoms with Gasteiger partial charge in [0, 0.05) is 17.0 Å². The normalized spacial score (nSPS) is 25.8. The minimum absolute atomic E-state index is 0.0255. The summed E-state index contributed by atoms with van der Waals surface area (Å²) in [4.78, 5) is 14.9. The van der Waals surface area contributed by atoms with Gasteiger partial charge in [0.1, 0.15) is 18.5 Å². The molecule has 0 saturated carbocycles. The minimum Gasteiger partial charge on any atom is -0.388 e. The summed E-state index contributed by atoms with van der Waals surface area (Å²) in [7, 11) is -2.32. The number of anilines is 1. The molecule has 4 N–H and O–H groups in total. The highest BCUT2D eigenvalue weighted by Gasteiger charge is 2.48. The standard InChI is InChI=1S/C19H31N8O5P/c1-5-10(6-2)33(30)32-19(4,7-3)8-11-13(28)14(29)17(31-11)27-16-12(15(20)22-9-23-16)24-18(27)25-26-21/h9-11,13-14,17,28-29,33H,5-8H2,1-4H3,(H2,20,22,23)/t11-,13-,14-,17?,19?/m1/s1. The maximum atomic E-state index is 12.8. The molecule has 13 nitrogen and oxygen atoms in total. The summed E-state index contributed by atoms with van der Waals surface area (Å²) in [6.07, 6.45) is -1.24. The van der Waals surface area contributed by atoms with Gasteiger partial charge in [-0.1, -0.05) is 20.8 Å². The van der Waals surface area contributed by atoms with Crippen LogP contribution in [-0.2, 0) is 13.8 Å². The van der Waals surface area contributed by atoms with E-state index in [0.717, 1.165) is 12.8 Å². The minimum atomic E-state index is -2.32. The van der Waals surface area contributed by atoms with Crippen molar-refractivity contribution in [2.45, 2.75) is 89.2 Å². The van der Waals surface area contributed by atoms with Crippen molar-refractivity contribution in [2.75, 3.05) is 5.73 Å². The lowest BCUT2D eigenvalue weighted by Crippen LogP contribution is -2.38. The molecular formula is C19H31N8O5P. The van der Waals surface area contributed by atoms with Crippen molar-refractivity contribution in [3.63, 3.8) is 0 Å². The van der Waals surface area contributed by atoms with Crippen molar-refractivity contribution in [1.82, 2.24) is 19.5 Å². The topological polar surface area (TPSA) is 194 Å². The van der Waals surface area contributed by atoms with E-state index in [1.807, 2.05) is 27.7 Å². The van der Waals surface area contributed by atoms with Crippen LogP contribution in [0.4, 0.5) is 11.8 Å². The second-order valence-electron chi connectivity index (χ2n) is 8.39. The number of fused-ring (bicyclic) bond motifs is 1. The second-order valence-corrected chi connectivity index (χ2v) is 10.0. The van der Waals surface area contributed by atoms with Crippen molar-refractivity contribution in [2.24, 2.45) is 5.11 Å². The summed E-state index contributed by atoms with van der Waals surface area (Å²) in [6.45, 7) is 7.67. The lowest BCUT2D eigenvalue weighted by molar-refractivity contribution is -0.0615. The number of hydrogen-bond donors (Lipinski definition) is 3. The van der Waals surface area contributed by atoms with Gasteiger partial charge < -0.3 is 25.2 Å². The van der Waals surface area contributed by atoms with Crippen LogP contribution in [0.2, 0.25) is 0 Å². The Bertz CT molecular complexity index is 1060. The third-order valence-corrected chi connectivity index (χ3v) is 8.44. The van der Waals surface area contributed by atoms with Crippen LogP contribution < -0.4 is 5.73 Å². The van der Waals surface area contributed by atoms with E-state index >= 15 is 0 Å². The summed E-state index contributed by atoms with van der Waals surface area (Å²) in [5.74, 6) is -0.0684. The van der Waals surface area contributed by atoms with Crippen LogP contribution in [-0.4, -0.2) is 59.3 Å². The zero-order valence-corrected chi connectivity index (χ0v) is 20.1. The lowest BCUT2D eigenvalue weighted by atomic mass is 9.93. The molecule has 1 aliphatic rings. The van der Waals surface area contributed by atoms with E-state index < -0.39 is 38.2 Å². The lowest BCUT2D eigenvalue weighted by Gasteiger charge is -2.33. The van der Waals surface area contributed by atoms with Crippen LogP contribution in [0.3, 0.4) is 0 Å². The van der Waals surface area contributed by atoms with Gasteiger partial charge in [-0.2, -0.15) is 0 Å². The molecule has 1 saturated heterocycles. The first-order valence-electron chi connectivity index (χ1n) is 11.0. The Morgan fingerprint density at radius 2 is 2.06 bits per heavy atom. The smallest absolute Gasteiger partial charge is 0.201 e. The van der Waals surface area contributed by atoms with E-state index in [0.29, 0.717) is 6.42 Å². The summed E-state index contributed by atoms with van der Waals surface area (Å²) in [6, 6.07) is 0. The molecule has 0 aromatic carbocycles. The molecule has 3 unspecified atom stereocenters. The molecule has 6 atom stereocenters. The van der Waals surface area contributed by atoms with Crippen LogP contribution in [0.5, 0.6) is 0 Å². The van der Waals surface area contributed by atoms with Gasteiger partial charge in [-0.3, -0.25) is 9.13 Å². The molecule has 14 heteroatoms. The summed E-state index contributed by atoms with van der Waals surface area (Å²) >= 11 is 0. The summed E-state index contributed by atoms with van der Waals surface area (Å²) < 4.78 is 26.1. The molecule has 182 valence electrons. The SMILES string of the molecule is CCC(CC)[PH](=O)OC(C)(CC)C[C@H]1OC(n2c(N=[N+]=[N-])nc3c(N)ncnc32)[C@H](O)[C@@H]1O. The third kappa shape index (κ3) is 4.98. The molecule has 1 aliphatic heterocycles. The van der Waals surface area contributed by atoms with Crippen molar-refractivity contribution in [1.29, 1.82) is 0 Å². The highest BCUT2D eigenvalue weighted by atomic mass is 31.1. The van der Waals surface area contributed by atoms with Gasteiger partial charge in [-0.25, -0.2) is 15.0 Å². The van der Waals surface area contributed by atoms with Gasteiger partial charge >= 0.3 is 0 Å². The molecule has 3 heterocycles. The zero-order chi connectivity index (χ0) is 24.3. The molecular weight excluding hydrogens is 451 g/mol. The molecule has 2 aromatic rings. The third-order valence-electron chi connectivity index (χ3n) is 6.26. The van der Waals surface area contributed by atoms with E-state index in [1.54, 1.807) is 0 Å². The molecule has 0 radical (unpaired) electrons. The van der Waals surface area contributed by atoms with Crippen LogP contribution in [0.15, 0.2) is 11.4 Å². The van der Waals surface area contributed by atoms with E-state index in [1.165, 1.54) is 10.9 Å². The first kappa shape index (κ1) is 25.4. The van der Waals surface area contributed by atoms with Crippen LogP contribution in [0.1, 0.15) is 59.6 Å². The van der Waals surface area contributed by atoms with Gasteiger partial charge in [0.15, 0.2) is 31.2 Å². The number of imidazole rings is 1. The highest BCUT2D eigenvalue weighted by Crippen LogP contribution is 2.44. The average molecular weight is 482 g/mol. The Balaban J connectivity index is 1.90. The first-order valence-corrected chi connectivity index (χ1v) is 12.4. The predicted octanol–water partition coefficient (Wildman–Crippen LogP) is 3.21. The Morgan fingerprint density at radius 1 is 1.36 bits per heavy atom. The fraction of sp³-hybridized carbons (Fsp3) is 0.737. The Hall–Kier alpha value is -2.27. The number of aliphatic hydroxyl groups excluding tert-OH is 2. The first-order chi connectivity index (χ1) is 15.7. The highest BCUT2D eigenvalue weighted by molar-refractivity contribution is 7.40. The predicted molar refractivity (Wildman–Crippen MR) is 122 cm³/mol. The fourth-order valence-electron chi connectivity index (χ4n) is 4.00. The number of hydrogen-bond acceptors (Lipinski definition) is 10. The number of azide groups is 1. The van der Waals surface area contributed by atoms with Gasteiger partial charge in [-0.05, 0) is 36.8 Å². The summed E-state index contributed by atoms with van der Waals surface area (Å²) in [5.41, 5.74) is 14.3. The molecule has 0 spiro atoms. The van der Waals surface area contributed by atoms with E-state index in [2.05, 4.69) is 25.0 Å². The average Bonchev–Trinajstić information content (AvgIpc) is 3.27. The molecule has 2 aromatic heterocycles. The number of nitrogens with two attached hydrogens (primary N) is 1. The summed E-state index contributed by atoms with van der Waals surface area (Å²) in [5, 5.41) is 25.1. The largest absolute Gasteiger partial charge is 0.388 e. The van der Waals surface area contributed by atoms with E-state index in [9.17, 15) is 14.8 Å². The van der Waals surface area contributed by atoms with Crippen LogP contribution in [0.25, 0.3) is 21.6 Å². The Kier molecular flexibility index (Phi) is 7.94. The van der Waals surface area contributed by atoms with Crippen molar-refractivity contribution in [3.8, 4) is 0 Å². The molecule has 0 aliphatic carbocycles. The monoisotopic (exact) mass is 482 g/mol. The van der Waals surface area contributed by atoms with E-state index in [-0.39, 0.29) is 35.0 Å². The van der Waals surface area contributed by atoms with Gasteiger partial charge in [0.2, 0.25) is 5.95 Å². The number of rotatable bonds is 10. The maximum Gasteiger partial charge on any atom is 0.201 e. The van der Waals surface area contributed by atoms with Crippen LogP contribution >= 0.6 is 8.03 Å². The Labute approximate surface area is 191 Å². The van der Waals surface area contributed by atoms with Gasteiger partial charge in [-0.15, -0.1) is 0 Å². The zero-order valence-electron chi connectivity index (χ0n) is 19.1. The second kappa shape index (κ2) is 10.3. The van der Waals surface area contributed by atoms with Crippen molar-refractivity contribution >= 4 is 31.0 Å². The van der Waals surface area contributed by atoms with Crippen LogP contribution in [0, 0.1) is 0 Å². The number of nitrogens with zero attached hydrogens (tertiary/aromatic N) is 7. The van der Waals surface area contributed by atoms with E-state index in [4.69, 9.17) is 20.5 Å². The molecule has 0 bridgehead atoms. The van der Waals surface area contributed by atoms with Gasteiger partial charge in [0.05, 0.1) is 11.7 Å². The number of ether oxygens (including phenoxy) is 1. The number of aliphatic hydroxyl groups is 2. The molecule has 3 rings (SSSR count). The number of aromatic nitrogens is 4.